The number of nitrogens with zero attached hydrogens (tertiary/aromatic N) is 2. The minimum atomic E-state index is 0.187. The zero-order valence-corrected chi connectivity index (χ0v) is 12.9. The van der Waals surface area contributed by atoms with E-state index in [4.69, 9.17) is 23.2 Å². The van der Waals surface area contributed by atoms with Crippen molar-refractivity contribution >= 4 is 46.3 Å². The lowest BCUT2D eigenvalue weighted by Gasteiger charge is -2.19. The molecule has 1 aromatic heterocycles. The molecule has 0 spiro atoms. The molecule has 2 nitrogen and oxygen atoms in total. The summed E-state index contributed by atoms with van der Waals surface area (Å²) >= 11 is 12.3. The number of allylic oxidation sites excluding steroid dienone is 2. The smallest absolute Gasteiger partial charge is 0.217 e. The van der Waals surface area contributed by atoms with E-state index >= 15 is 0 Å². The molecule has 1 aliphatic rings. The lowest BCUT2D eigenvalue weighted by atomic mass is 9.87. The molecule has 3 rings (SSSR count). The monoisotopic (exact) mass is 304 g/mol. The molecule has 0 bridgehead atoms. The Bertz CT molecular complexity index is 761. The maximum Gasteiger partial charge on any atom is 0.224 e. The van der Waals surface area contributed by atoms with Gasteiger partial charge in [0.05, 0.1) is 5.52 Å². The van der Waals surface area contributed by atoms with Crippen LogP contribution in [0.25, 0.3) is 23.1 Å². The van der Waals surface area contributed by atoms with Crippen molar-refractivity contribution < 1.29 is 0 Å². The molecule has 0 N–H and O–H groups in total. The summed E-state index contributed by atoms with van der Waals surface area (Å²) in [4.78, 5) is 8.51. The fraction of sp³-hybridized carbons (Fsp3) is 0.250. The summed E-state index contributed by atoms with van der Waals surface area (Å²) in [5.74, 6) is 0. The van der Waals surface area contributed by atoms with Crippen molar-refractivity contribution in [2.45, 2.75) is 26.7 Å². The topological polar surface area (TPSA) is 25.8 Å². The van der Waals surface area contributed by atoms with Gasteiger partial charge in [0.15, 0.2) is 0 Å². The highest BCUT2D eigenvalue weighted by Crippen LogP contribution is 2.37. The van der Waals surface area contributed by atoms with E-state index in [0.717, 1.165) is 34.9 Å². The number of hydrogen-bond acceptors (Lipinski definition) is 2. The van der Waals surface area contributed by atoms with Gasteiger partial charge in [0, 0.05) is 10.9 Å². The Morgan fingerprint density at radius 2 is 2.05 bits per heavy atom. The van der Waals surface area contributed by atoms with Crippen LogP contribution in [-0.2, 0) is 6.42 Å². The van der Waals surface area contributed by atoms with E-state index < -0.39 is 0 Å². The summed E-state index contributed by atoms with van der Waals surface area (Å²) in [5, 5.41) is 1.52. The van der Waals surface area contributed by atoms with E-state index in [1.807, 2.05) is 13.0 Å². The SMILES string of the molecule is C/C=C\c1c(C)c2c(c3c(Cl)nc(Cl)nc13)C=CCC2. The molecule has 1 aromatic carbocycles. The molecule has 4 heteroatoms. The van der Waals surface area contributed by atoms with Crippen LogP contribution in [0.2, 0.25) is 10.4 Å². The molecule has 0 unspecified atom stereocenters. The predicted octanol–water partition coefficient (Wildman–Crippen LogP) is 5.24. The summed E-state index contributed by atoms with van der Waals surface area (Å²) in [5.41, 5.74) is 5.64. The van der Waals surface area contributed by atoms with Crippen molar-refractivity contribution in [1.82, 2.24) is 9.97 Å². The van der Waals surface area contributed by atoms with Crippen LogP contribution >= 0.6 is 23.2 Å². The van der Waals surface area contributed by atoms with Crippen LogP contribution in [0.5, 0.6) is 0 Å². The lowest BCUT2D eigenvalue weighted by molar-refractivity contribution is 0.973. The summed E-state index contributed by atoms with van der Waals surface area (Å²) < 4.78 is 0. The van der Waals surface area contributed by atoms with Crippen LogP contribution in [0.1, 0.15) is 35.6 Å². The average molecular weight is 305 g/mol. The number of benzene rings is 1. The van der Waals surface area contributed by atoms with Crippen molar-refractivity contribution in [3.63, 3.8) is 0 Å². The second-order valence-corrected chi connectivity index (χ2v) is 5.58. The van der Waals surface area contributed by atoms with Crippen molar-refractivity contribution in [2.24, 2.45) is 0 Å². The van der Waals surface area contributed by atoms with Gasteiger partial charge in [-0.3, -0.25) is 0 Å². The van der Waals surface area contributed by atoms with Crippen LogP contribution in [0, 0.1) is 6.92 Å². The van der Waals surface area contributed by atoms with Gasteiger partial charge in [0.25, 0.3) is 0 Å². The zero-order chi connectivity index (χ0) is 14.3. The molecule has 1 aliphatic carbocycles. The summed E-state index contributed by atoms with van der Waals surface area (Å²) in [6, 6.07) is 0. The first-order valence-corrected chi connectivity index (χ1v) is 7.36. The first-order chi connectivity index (χ1) is 9.63. The van der Waals surface area contributed by atoms with E-state index in [9.17, 15) is 0 Å². The zero-order valence-electron chi connectivity index (χ0n) is 11.4. The van der Waals surface area contributed by atoms with E-state index in [-0.39, 0.29) is 5.28 Å². The van der Waals surface area contributed by atoms with Crippen molar-refractivity contribution in [3.8, 4) is 0 Å². The van der Waals surface area contributed by atoms with Crippen LogP contribution in [0.4, 0.5) is 0 Å². The van der Waals surface area contributed by atoms with Crippen molar-refractivity contribution in [1.29, 1.82) is 0 Å². The highest BCUT2D eigenvalue weighted by molar-refractivity contribution is 6.36. The average Bonchev–Trinajstić information content (AvgIpc) is 2.42. The van der Waals surface area contributed by atoms with Crippen molar-refractivity contribution in [3.05, 3.63) is 44.8 Å². The summed E-state index contributed by atoms with van der Waals surface area (Å²) in [7, 11) is 0. The fourth-order valence-corrected chi connectivity index (χ4v) is 3.32. The van der Waals surface area contributed by atoms with Crippen LogP contribution in [0.3, 0.4) is 0 Å². The Kier molecular flexibility index (Phi) is 3.53. The maximum atomic E-state index is 6.33. The van der Waals surface area contributed by atoms with Crippen molar-refractivity contribution in [2.75, 3.05) is 0 Å². The Labute approximate surface area is 128 Å². The van der Waals surface area contributed by atoms with Gasteiger partial charge in [0.1, 0.15) is 5.15 Å². The normalized spacial score (nSPS) is 14.2. The van der Waals surface area contributed by atoms with Gasteiger partial charge < -0.3 is 0 Å². The third-order valence-electron chi connectivity index (χ3n) is 3.72. The Morgan fingerprint density at radius 1 is 1.25 bits per heavy atom. The largest absolute Gasteiger partial charge is 0.224 e. The van der Waals surface area contributed by atoms with Gasteiger partial charge >= 0.3 is 0 Å². The first-order valence-electron chi connectivity index (χ1n) is 6.61. The van der Waals surface area contributed by atoms with Gasteiger partial charge in [-0.15, -0.1) is 0 Å². The Hall–Kier alpha value is -1.38. The second-order valence-electron chi connectivity index (χ2n) is 4.88. The third-order valence-corrected chi connectivity index (χ3v) is 4.17. The number of fused-ring (bicyclic) bond motifs is 3. The third kappa shape index (κ3) is 2.04. The lowest BCUT2D eigenvalue weighted by Crippen LogP contribution is -2.04. The molecule has 0 aliphatic heterocycles. The molecule has 0 saturated heterocycles. The standard InChI is InChI=1S/C16H14Cl2N2/c1-3-6-11-9(2)10-7-4-5-8-12(10)13-14(11)19-16(18)20-15(13)17/h3,5-6,8H,4,7H2,1-2H3/b6-3-. The quantitative estimate of drug-likeness (QED) is 0.532. The van der Waals surface area contributed by atoms with E-state index in [0.29, 0.717) is 5.15 Å². The molecule has 1 heterocycles. The van der Waals surface area contributed by atoms with E-state index in [1.165, 1.54) is 11.1 Å². The Balaban J connectivity index is 2.55. The molecule has 102 valence electrons. The molecule has 0 atom stereocenters. The van der Waals surface area contributed by atoms with E-state index in [2.05, 4.69) is 35.1 Å². The minimum Gasteiger partial charge on any atom is -0.217 e. The molecule has 0 radical (unpaired) electrons. The molecule has 0 amide bonds. The summed E-state index contributed by atoms with van der Waals surface area (Å²) in [6.45, 7) is 4.13. The van der Waals surface area contributed by atoms with Crippen LogP contribution < -0.4 is 0 Å². The highest BCUT2D eigenvalue weighted by atomic mass is 35.5. The van der Waals surface area contributed by atoms with Crippen LogP contribution in [0.15, 0.2) is 12.2 Å². The molecular formula is C16H14Cl2N2. The van der Waals surface area contributed by atoms with E-state index in [1.54, 1.807) is 0 Å². The molecule has 20 heavy (non-hydrogen) atoms. The fourth-order valence-electron chi connectivity index (χ4n) is 2.84. The summed E-state index contributed by atoms with van der Waals surface area (Å²) in [6.07, 6.45) is 10.4. The van der Waals surface area contributed by atoms with Gasteiger partial charge in [-0.25, -0.2) is 9.97 Å². The first kappa shape index (κ1) is 13.6. The number of hydrogen-bond donors (Lipinski definition) is 0. The molecule has 2 aromatic rings. The minimum absolute atomic E-state index is 0.187. The Morgan fingerprint density at radius 3 is 2.80 bits per heavy atom. The molecule has 0 saturated carbocycles. The van der Waals surface area contributed by atoms with Gasteiger partial charge in [-0.05, 0) is 55.0 Å². The maximum absolute atomic E-state index is 6.33. The molecule has 0 fully saturated rings. The van der Waals surface area contributed by atoms with Gasteiger partial charge in [-0.1, -0.05) is 35.9 Å². The number of rotatable bonds is 1. The van der Waals surface area contributed by atoms with Gasteiger partial charge in [0.2, 0.25) is 5.28 Å². The predicted molar refractivity (Wildman–Crippen MR) is 86.4 cm³/mol. The van der Waals surface area contributed by atoms with Crippen LogP contribution in [-0.4, -0.2) is 9.97 Å². The highest BCUT2D eigenvalue weighted by Gasteiger charge is 2.19. The number of halogens is 2. The van der Waals surface area contributed by atoms with Gasteiger partial charge in [-0.2, -0.15) is 0 Å². The molecular weight excluding hydrogens is 291 g/mol. The second kappa shape index (κ2) is 5.19. The number of aromatic nitrogens is 2.